The molecule has 3 rings (SSSR count). The second-order valence-electron chi connectivity index (χ2n) is 5.33. The van der Waals surface area contributed by atoms with E-state index in [1.54, 1.807) is 12.3 Å². The van der Waals surface area contributed by atoms with Crippen LogP contribution in [0.5, 0.6) is 0 Å². The summed E-state index contributed by atoms with van der Waals surface area (Å²) in [4.78, 5) is 16.6. The van der Waals surface area contributed by atoms with E-state index in [-0.39, 0.29) is 12.0 Å². The van der Waals surface area contributed by atoms with Crippen molar-refractivity contribution in [2.75, 3.05) is 18.9 Å². The first-order chi connectivity index (χ1) is 10.8. The maximum absolute atomic E-state index is 12.3. The largest absolute Gasteiger partial charge is 0.396 e. The van der Waals surface area contributed by atoms with Crippen molar-refractivity contribution < 1.29 is 9.53 Å². The van der Waals surface area contributed by atoms with Crippen molar-refractivity contribution in [1.29, 1.82) is 0 Å². The summed E-state index contributed by atoms with van der Waals surface area (Å²) in [5.41, 5.74) is 8.52. The third-order valence-corrected chi connectivity index (χ3v) is 3.80. The first-order valence-corrected chi connectivity index (χ1v) is 7.45. The summed E-state index contributed by atoms with van der Waals surface area (Å²) in [7, 11) is 0. The Morgan fingerprint density at radius 1 is 1.32 bits per heavy atom. The van der Waals surface area contributed by atoms with E-state index in [1.807, 2.05) is 30.3 Å². The van der Waals surface area contributed by atoms with Gasteiger partial charge in [-0.25, -0.2) is 0 Å². The lowest BCUT2D eigenvalue weighted by Crippen LogP contribution is -2.32. The highest BCUT2D eigenvalue weighted by molar-refractivity contribution is 6.01. The number of amides is 1. The lowest BCUT2D eigenvalue weighted by molar-refractivity contribution is 0.0858. The third-order valence-electron chi connectivity index (χ3n) is 3.80. The number of benzene rings is 1. The Hall–Kier alpha value is -2.40. The smallest absolute Gasteiger partial charge is 0.253 e. The van der Waals surface area contributed by atoms with Crippen LogP contribution in [0.1, 0.15) is 23.2 Å². The molecule has 0 spiro atoms. The van der Waals surface area contributed by atoms with Crippen LogP contribution in [0.4, 0.5) is 5.69 Å². The van der Waals surface area contributed by atoms with Crippen LogP contribution >= 0.6 is 0 Å². The second kappa shape index (κ2) is 6.58. The number of ether oxygens (including phenoxy) is 1. The van der Waals surface area contributed by atoms with Crippen LogP contribution < -0.4 is 11.1 Å². The molecule has 1 aromatic heterocycles. The molecule has 3 N–H and O–H groups in total. The molecule has 1 aromatic carbocycles. The highest BCUT2D eigenvalue weighted by Crippen LogP contribution is 2.26. The predicted molar refractivity (Wildman–Crippen MR) is 85.4 cm³/mol. The number of nitrogen functional groups attached to an aromatic ring is 1. The van der Waals surface area contributed by atoms with E-state index in [4.69, 9.17) is 10.5 Å². The van der Waals surface area contributed by atoms with Crippen molar-refractivity contribution in [3.8, 4) is 11.3 Å². The number of pyridine rings is 1. The highest BCUT2D eigenvalue weighted by Gasteiger charge is 2.19. The fraction of sp³-hybridized carbons (Fsp3) is 0.294. The Morgan fingerprint density at radius 2 is 2.14 bits per heavy atom. The van der Waals surface area contributed by atoms with Crippen LogP contribution in [0.2, 0.25) is 0 Å². The van der Waals surface area contributed by atoms with Gasteiger partial charge in [0, 0.05) is 24.9 Å². The molecule has 2 heterocycles. The molecule has 1 aliphatic heterocycles. The van der Waals surface area contributed by atoms with Gasteiger partial charge < -0.3 is 15.8 Å². The molecule has 0 bridgehead atoms. The van der Waals surface area contributed by atoms with Gasteiger partial charge in [0.1, 0.15) is 0 Å². The molecule has 114 valence electrons. The van der Waals surface area contributed by atoms with Gasteiger partial charge in [-0.3, -0.25) is 9.78 Å². The normalized spacial score (nSPS) is 17.4. The molecular weight excluding hydrogens is 278 g/mol. The molecule has 1 saturated heterocycles. The third kappa shape index (κ3) is 3.09. The van der Waals surface area contributed by atoms with Gasteiger partial charge in [-0.05, 0) is 18.9 Å². The van der Waals surface area contributed by atoms with E-state index in [9.17, 15) is 4.79 Å². The summed E-state index contributed by atoms with van der Waals surface area (Å²) in [5, 5.41) is 2.89. The van der Waals surface area contributed by atoms with Crippen molar-refractivity contribution in [3.63, 3.8) is 0 Å². The van der Waals surface area contributed by atoms with Crippen molar-refractivity contribution in [2.45, 2.75) is 18.9 Å². The first-order valence-electron chi connectivity index (χ1n) is 7.45. The average Bonchev–Trinajstić information content (AvgIpc) is 3.07. The lowest BCUT2D eigenvalue weighted by Gasteiger charge is -2.13. The molecule has 0 radical (unpaired) electrons. The van der Waals surface area contributed by atoms with Crippen molar-refractivity contribution >= 4 is 11.6 Å². The minimum Gasteiger partial charge on any atom is -0.396 e. The number of rotatable bonds is 4. The number of hydrogen-bond donors (Lipinski definition) is 2. The Kier molecular flexibility index (Phi) is 4.34. The zero-order valence-corrected chi connectivity index (χ0v) is 12.3. The van der Waals surface area contributed by atoms with Gasteiger partial charge in [0.2, 0.25) is 0 Å². The summed E-state index contributed by atoms with van der Waals surface area (Å²) < 4.78 is 5.50. The maximum Gasteiger partial charge on any atom is 0.253 e. The molecule has 2 aromatic rings. The monoisotopic (exact) mass is 297 g/mol. The first kappa shape index (κ1) is 14.5. The molecule has 22 heavy (non-hydrogen) atoms. The topological polar surface area (TPSA) is 77.2 Å². The van der Waals surface area contributed by atoms with Crippen molar-refractivity contribution in [1.82, 2.24) is 10.3 Å². The number of carbonyl (C=O) groups excluding carboxylic acids is 1. The molecule has 1 aliphatic rings. The number of hydrogen-bond acceptors (Lipinski definition) is 4. The van der Waals surface area contributed by atoms with E-state index in [0.717, 1.165) is 25.0 Å². The second-order valence-corrected chi connectivity index (χ2v) is 5.33. The molecule has 0 aliphatic carbocycles. The van der Waals surface area contributed by atoms with E-state index < -0.39 is 0 Å². The molecular formula is C17H19N3O2. The van der Waals surface area contributed by atoms with Gasteiger partial charge in [-0.2, -0.15) is 0 Å². The number of carbonyl (C=O) groups is 1. The molecule has 5 nitrogen and oxygen atoms in total. The van der Waals surface area contributed by atoms with E-state index in [1.165, 1.54) is 0 Å². The van der Waals surface area contributed by atoms with Crippen LogP contribution in [-0.4, -0.2) is 30.1 Å². The van der Waals surface area contributed by atoms with Gasteiger partial charge in [0.25, 0.3) is 5.91 Å². The van der Waals surface area contributed by atoms with Gasteiger partial charge in [0.05, 0.1) is 23.0 Å². The van der Waals surface area contributed by atoms with E-state index in [2.05, 4.69) is 10.3 Å². The summed E-state index contributed by atoms with van der Waals surface area (Å²) in [6, 6.07) is 11.3. The molecule has 1 fully saturated rings. The van der Waals surface area contributed by atoms with Crippen LogP contribution in [0, 0.1) is 0 Å². The summed E-state index contributed by atoms with van der Waals surface area (Å²) in [6.45, 7) is 1.29. The molecule has 1 unspecified atom stereocenters. The number of aromatic nitrogens is 1. The van der Waals surface area contributed by atoms with Crippen LogP contribution in [-0.2, 0) is 4.74 Å². The maximum atomic E-state index is 12.3. The van der Waals surface area contributed by atoms with Gasteiger partial charge in [-0.15, -0.1) is 0 Å². The van der Waals surface area contributed by atoms with Crippen LogP contribution in [0.25, 0.3) is 11.3 Å². The van der Waals surface area contributed by atoms with E-state index >= 15 is 0 Å². The Bertz CT molecular complexity index is 652. The zero-order valence-electron chi connectivity index (χ0n) is 12.3. The predicted octanol–water partition coefficient (Wildman–Crippen LogP) is 2.24. The average molecular weight is 297 g/mol. The molecule has 0 saturated carbocycles. The van der Waals surface area contributed by atoms with Crippen LogP contribution in [0.15, 0.2) is 42.6 Å². The number of nitrogens with zero attached hydrogens (tertiary/aromatic N) is 1. The zero-order chi connectivity index (χ0) is 15.4. The summed E-state index contributed by atoms with van der Waals surface area (Å²) >= 11 is 0. The standard InChI is InChI=1S/C17H19N3O2/c18-15-14(17(21)20-11-13-7-4-10-22-13)8-9-19-16(15)12-5-2-1-3-6-12/h1-3,5-6,8-9,13H,4,7,10-11,18H2,(H,20,21). The van der Waals surface area contributed by atoms with Crippen LogP contribution in [0.3, 0.4) is 0 Å². The quantitative estimate of drug-likeness (QED) is 0.907. The molecule has 1 atom stereocenters. The SMILES string of the molecule is Nc1c(C(=O)NCC2CCCO2)ccnc1-c1ccccc1. The Morgan fingerprint density at radius 3 is 2.86 bits per heavy atom. The molecule has 5 heteroatoms. The van der Waals surface area contributed by atoms with Gasteiger partial charge in [0.15, 0.2) is 0 Å². The summed E-state index contributed by atoms with van der Waals surface area (Å²) in [5.74, 6) is -0.187. The Balaban J connectivity index is 1.77. The van der Waals surface area contributed by atoms with Gasteiger partial charge >= 0.3 is 0 Å². The van der Waals surface area contributed by atoms with Gasteiger partial charge in [-0.1, -0.05) is 30.3 Å². The fourth-order valence-electron chi connectivity index (χ4n) is 2.60. The fourth-order valence-corrected chi connectivity index (χ4v) is 2.60. The minimum atomic E-state index is -0.187. The summed E-state index contributed by atoms with van der Waals surface area (Å²) in [6.07, 6.45) is 3.76. The van der Waals surface area contributed by atoms with Crippen molar-refractivity contribution in [3.05, 3.63) is 48.2 Å². The lowest BCUT2D eigenvalue weighted by atomic mass is 10.1. The Labute approximate surface area is 129 Å². The number of nitrogens with one attached hydrogen (secondary N) is 1. The highest BCUT2D eigenvalue weighted by atomic mass is 16.5. The van der Waals surface area contributed by atoms with E-state index in [0.29, 0.717) is 23.5 Å². The molecule has 1 amide bonds. The number of anilines is 1. The number of nitrogens with two attached hydrogens (primary N) is 1. The van der Waals surface area contributed by atoms with Crippen molar-refractivity contribution in [2.24, 2.45) is 0 Å². The minimum absolute atomic E-state index is 0.112.